The SMILES string of the molecule is CCCCC(C)(C)SSC(C)(C)CCCC. The van der Waals surface area contributed by atoms with Crippen LogP contribution in [0.5, 0.6) is 0 Å². The van der Waals surface area contributed by atoms with E-state index in [1.807, 2.05) is 0 Å². The summed E-state index contributed by atoms with van der Waals surface area (Å²) in [5, 5.41) is 0. The summed E-state index contributed by atoms with van der Waals surface area (Å²) in [6.07, 6.45) is 8.02. The van der Waals surface area contributed by atoms with E-state index < -0.39 is 0 Å². The van der Waals surface area contributed by atoms with Gasteiger partial charge in [0, 0.05) is 9.49 Å². The molecule has 0 spiro atoms. The van der Waals surface area contributed by atoms with Crippen LogP contribution in [0.4, 0.5) is 0 Å². The van der Waals surface area contributed by atoms with Gasteiger partial charge >= 0.3 is 0 Å². The Hall–Kier alpha value is 0.700. The molecule has 0 nitrogen and oxygen atoms in total. The maximum Gasteiger partial charge on any atom is 0.0207 e. The van der Waals surface area contributed by atoms with Gasteiger partial charge in [0.1, 0.15) is 0 Å². The molecule has 0 rings (SSSR count). The topological polar surface area (TPSA) is 0 Å². The highest BCUT2D eigenvalue weighted by Gasteiger charge is 2.25. The summed E-state index contributed by atoms with van der Waals surface area (Å²) in [6.45, 7) is 14.1. The van der Waals surface area contributed by atoms with E-state index in [9.17, 15) is 0 Å². The van der Waals surface area contributed by atoms with E-state index in [1.165, 1.54) is 38.5 Å². The fourth-order valence-electron chi connectivity index (χ4n) is 1.51. The van der Waals surface area contributed by atoms with Crippen molar-refractivity contribution < 1.29 is 0 Å². The molecule has 0 saturated heterocycles. The minimum absolute atomic E-state index is 0.435. The van der Waals surface area contributed by atoms with Gasteiger partial charge in [-0.3, -0.25) is 0 Å². The van der Waals surface area contributed by atoms with Crippen molar-refractivity contribution in [1.82, 2.24) is 0 Å². The molecular weight excluding hydrogens is 232 g/mol. The number of unbranched alkanes of at least 4 members (excludes halogenated alkanes) is 2. The second-order valence-corrected chi connectivity index (χ2v) is 9.44. The molecular formula is C14H30S2. The third-order valence-corrected chi connectivity index (χ3v) is 7.11. The van der Waals surface area contributed by atoms with Gasteiger partial charge in [0.15, 0.2) is 0 Å². The predicted molar refractivity (Wildman–Crippen MR) is 82.4 cm³/mol. The quantitative estimate of drug-likeness (QED) is 0.447. The summed E-state index contributed by atoms with van der Waals surface area (Å²) in [6, 6.07) is 0. The lowest BCUT2D eigenvalue weighted by atomic mass is 10.1. The van der Waals surface area contributed by atoms with Crippen LogP contribution in [0.1, 0.15) is 80.1 Å². The van der Waals surface area contributed by atoms with Crippen molar-refractivity contribution in [1.29, 1.82) is 0 Å². The molecule has 0 amide bonds. The zero-order valence-electron chi connectivity index (χ0n) is 12.1. The van der Waals surface area contributed by atoms with Gasteiger partial charge in [0.25, 0.3) is 0 Å². The predicted octanol–water partition coefficient (Wildman–Crippen LogP) is 6.31. The summed E-state index contributed by atoms with van der Waals surface area (Å²) in [5.74, 6) is 0. The van der Waals surface area contributed by atoms with E-state index in [4.69, 9.17) is 0 Å². The monoisotopic (exact) mass is 262 g/mol. The Morgan fingerprint density at radius 1 is 0.688 bits per heavy atom. The largest absolute Gasteiger partial charge is 0.0873 e. The van der Waals surface area contributed by atoms with E-state index in [2.05, 4.69) is 63.1 Å². The molecule has 0 aromatic heterocycles. The van der Waals surface area contributed by atoms with Gasteiger partial charge in [-0.1, -0.05) is 61.1 Å². The molecule has 98 valence electrons. The van der Waals surface area contributed by atoms with Crippen molar-refractivity contribution >= 4 is 21.6 Å². The highest BCUT2D eigenvalue weighted by atomic mass is 33.1. The molecule has 0 aromatic rings. The standard InChI is InChI=1S/C14H30S2/c1-7-9-11-13(3,4)15-16-14(5,6)12-10-8-2/h7-12H2,1-6H3. The van der Waals surface area contributed by atoms with Crippen LogP contribution in [-0.2, 0) is 0 Å². The first-order valence-electron chi connectivity index (χ1n) is 6.70. The van der Waals surface area contributed by atoms with Crippen LogP contribution in [0.25, 0.3) is 0 Å². The maximum atomic E-state index is 2.39. The maximum absolute atomic E-state index is 2.39. The zero-order valence-corrected chi connectivity index (χ0v) is 13.7. The van der Waals surface area contributed by atoms with Crippen LogP contribution < -0.4 is 0 Å². The Bertz CT molecular complexity index is 154. The van der Waals surface area contributed by atoms with Crippen LogP contribution in [0, 0.1) is 0 Å². The molecule has 2 heteroatoms. The van der Waals surface area contributed by atoms with Crippen LogP contribution in [0.2, 0.25) is 0 Å². The molecule has 0 atom stereocenters. The van der Waals surface area contributed by atoms with Gasteiger partial charge in [0.2, 0.25) is 0 Å². The molecule has 0 bridgehead atoms. The molecule has 0 unspecified atom stereocenters. The third-order valence-electron chi connectivity index (χ3n) is 2.76. The van der Waals surface area contributed by atoms with Crippen LogP contribution in [0.15, 0.2) is 0 Å². The molecule has 0 aliphatic heterocycles. The first-order chi connectivity index (χ1) is 7.33. The molecule has 0 fully saturated rings. The molecule has 0 N–H and O–H groups in total. The summed E-state index contributed by atoms with van der Waals surface area (Å²) in [7, 11) is 4.19. The van der Waals surface area contributed by atoms with Gasteiger partial charge in [-0.15, -0.1) is 0 Å². The molecule has 0 saturated carbocycles. The third kappa shape index (κ3) is 8.81. The molecule has 0 aliphatic rings. The fourth-order valence-corrected chi connectivity index (χ4v) is 4.27. The van der Waals surface area contributed by atoms with Crippen LogP contribution in [-0.4, -0.2) is 9.49 Å². The Balaban J connectivity index is 3.91. The molecule has 0 heterocycles. The van der Waals surface area contributed by atoms with Gasteiger partial charge in [-0.2, -0.15) is 0 Å². The lowest BCUT2D eigenvalue weighted by Gasteiger charge is -2.30. The number of rotatable bonds is 9. The molecule has 0 aliphatic carbocycles. The van der Waals surface area contributed by atoms with Crippen molar-refractivity contribution in [2.24, 2.45) is 0 Å². The average molecular weight is 263 g/mol. The van der Waals surface area contributed by atoms with Gasteiger partial charge < -0.3 is 0 Å². The van der Waals surface area contributed by atoms with Crippen molar-refractivity contribution in [3.05, 3.63) is 0 Å². The second kappa shape index (κ2) is 7.92. The Kier molecular flexibility index (Phi) is 8.26. The zero-order chi connectivity index (χ0) is 12.7. The lowest BCUT2D eigenvalue weighted by molar-refractivity contribution is 0.591. The summed E-state index contributed by atoms with van der Waals surface area (Å²) >= 11 is 0. The fraction of sp³-hybridized carbons (Fsp3) is 1.00. The van der Waals surface area contributed by atoms with E-state index in [-0.39, 0.29) is 0 Å². The first kappa shape index (κ1) is 16.7. The van der Waals surface area contributed by atoms with E-state index >= 15 is 0 Å². The van der Waals surface area contributed by atoms with Crippen molar-refractivity contribution in [2.45, 2.75) is 89.6 Å². The van der Waals surface area contributed by atoms with Gasteiger partial charge in [-0.25, -0.2) is 0 Å². The summed E-state index contributed by atoms with van der Waals surface area (Å²) in [5.41, 5.74) is 0. The highest BCUT2D eigenvalue weighted by Crippen LogP contribution is 2.47. The molecule has 16 heavy (non-hydrogen) atoms. The molecule has 0 radical (unpaired) electrons. The second-order valence-electron chi connectivity index (χ2n) is 5.89. The normalized spacial score (nSPS) is 13.1. The lowest BCUT2D eigenvalue weighted by Crippen LogP contribution is -2.18. The van der Waals surface area contributed by atoms with E-state index in [0.29, 0.717) is 9.49 Å². The van der Waals surface area contributed by atoms with Gasteiger partial charge in [0.05, 0.1) is 0 Å². The Morgan fingerprint density at radius 3 is 1.25 bits per heavy atom. The van der Waals surface area contributed by atoms with E-state index in [1.54, 1.807) is 0 Å². The van der Waals surface area contributed by atoms with E-state index in [0.717, 1.165) is 0 Å². The minimum Gasteiger partial charge on any atom is -0.0873 e. The van der Waals surface area contributed by atoms with Crippen LogP contribution in [0.3, 0.4) is 0 Å². The summed E-state index contributed by atoms with van der Waals surface area (Å²) < 4.78 is 0.869. The Morgan fingerprint density at radius 2 is 1.00 bits per heavy atom. The average Bonchev–Trinajstić information content (AvgIpc) is 2.22. The molecule has 0 aromatic carbocycles. The van der Waals surface area contributed by atoms with Crippen molar-refractivity contribution in [3.63, 3.8) is 0 Å². The first-order valence-corrected chi connectivity index (χ1v) is 8.85. The van der Waals surface area contributed by atoms with Crippen molar-refractivity contribution in [3.8, 4) is 0 Å². The van der Waals surface area contributed by atoms with Gasteiger partial charge in [-0.05, 0) is 40.5 Å². The smallest absolute Gasteiger partial charge is 0.0207 e. The minimum atomic E-state index is 0.435. The Labute approximate surface area is 111 Å². The number of hydrogen-bond donors (Lipinski definition) is 0. The summed E-state index contributed by atoms with van der Waals surface area (Å²) in [4.78, 5) is 0. The highest BCUT2D eigenvalue weighted by molar-refractivity contribution is 8.77. The number of hydrogen-bond acceptors (Lipinski definition) is 2. The van der Waals surface area contributed by atoms with Crippen LogP contribution >= 0.6 is 21.6 Å². The van der Waals surface area contributed by atoms with Crippen molar-refractivity contribution in [2.75, 3.05) is 0 Å².